The summed E-state index contributed by atoms with van der Waals surface area (Å²) in [5.41, 5.74) is 6.00. The molecule has 0 atom stereocenters. The topological polar surface area (TPSA) is 80.2 Å². The number of aromatic nitrogens is 1. The third-order valence-electron chi connectivity index (χ3n) is 4.46. The summed E-state index contributed by atoms with van der Waals surface area (Å²) in [4.78, 5) is 35.0. The van der Waals surface area contributed by atoms with Crippen LogP contribution in [0.3, 0.4) is 0 Å². The zero-order valence-electron chi connectivity index (χ0n) is 14.6. The lowest BCUT2D eigenvalue weighted by Gasteiger charge is -2.14. The third kappa shape index (κ3) is 2.98. The second-order valence-corrected chi connectivity index (χ2v) is 6.23. The molecule has 6 heteroatoms. The summed E-state index contributed by atoms with van der Waals surface area (Å²) in [6, 6.07) is 7.32. The van der Waals surface area contributed by atoms with Crippen LogP contribution in [0.5, 0.6) is 0 Å². The van der Waals surface area contributed by atoms with E-state index in [0.717, 1.165) is 22.6 Å². The van der Waals surface area contributed by atoms with Gasteiger partial charge in [0, 0.05) is 17.1 Å². The Bertz CT molecular complexity index is 929. The molecule has 128 valence electrons. The molecule has 4 amide bonds. The predicted octanol–water partition coefficient (Wildman–Crippen LogP) is 2.46. The minimum Gasteiger partial charge on any atom is -0.318 e. The zero-order chi connectivity index (χ0) is 18.3. The SMILES string of the molecule is Cc1ccc(-n2c(C)cc(C=C3C(=O)NC(=O)NC3=O)c2C)cc1C. The molecule has 2 aromatic rings. The monoisotopic (exact) mass is 337 g/mol. The van der Waals surface area contributed by atoms with E-state index in [-0.39, 0.29) is 5.57 Å². The van der Waals surface area contributed by atoms with Crippen LogP contribution in [0.1, 0.15) is 28.1 Å². The van der Waals surface area contributed by atoms with Gasteiger partial charge in [-0.3, -0.25) is 20.2 Å². The molecule has 2 N–H and O–H groups in total. The normalized spacial score (nSPS) is 14.4. The van der Waals surface area contributed by atoms with Crippen molar-refractivity contribution in [2.45, 2.75) is 27.7 Å². The smallest absolute Gasteiger partial charge is 0.318 e. The van der Waals surface area contributed by atoms with Gasteiger partial charge in [-0.15, -0.1) is 0 Å². The van der Waals surface area contributed by atoms with E-state index in [9.17, 15) is 14.4 Å². The summed E-state index contributed by atoms with van der Waals surface area (Å²) in [6.45, 7) is 8.02. The molecule has 25 heavy (non-hydrogen) atoms. The molecule has 0 radical (unpaired) electrons. The highest BCUT2D eigenvalue weighted by Crippen LogP contribution is 2.24. The lowest BCUT2D eigenvalue weighted by Crippen LogP contribution is -2.51. The van der Waals surface area contributed by atoms with Gasteiger partial charge in [0.15, 0.2) is 0 Å². The van der Waals surface area contributed by atoms with E-state index in [1.165, 1.54) is 17.2 Å². The molecule has 3 rings (SSSR count). The van der Waals surface area contributed by atoms with E-state index in [1.807, 2.05) is 26.0 Å². The zero-order valence-corrected chi connectivity index (χ0v) is 14.6. The molecule has 1 aromatic carbocycles. The second-order valence-electron chi connectivity index (χ2n) is 6.23. The van der Waals surface area contributed by atoms with Gasteiger partial charge in [0.2, 0.25) is 0 Å². The second kappa shape index (κ2) is 6.05. The van der Waals surface area contributed by atoms with Crippen molar-refractivity contribution in [3.8, 4) is 5.69 Å². The Hall–Kier alpha value is -3.15. The van der Waals surface area contributed by atoms with Crippen molar-refractivity contribution in [3.63, 3.8) is 0 Å². The highest BCUT2D eigenvalue weighted by atomic mass is 16.2. The fraction of sp³-hybridized carbons (Fsp3) is 0.211. The van der Waals surface area contributed by atoms with E-state index < -0.39 is 17.8 Å². The van der Waals surface area contributed by atoms with Gasteiger partial charge in [0.1, 0.15) is 5.57 Å². The van der Waals surface area contributed by atoms with Gasteiger partial charge in [-0.2, -0.15) is 0 Å². The van der Waals surface area contributed by atoms with Crippen molar-refractivity contribution in [1.82, 2.24) is 15.2 Å². The molecule has 1 aliphatic rings. The molecular weight excluding hydrogens is 318 g/mol. The number of aryl methyl sites for hydroxylation is 3. The molecule has 0 unspecified atom stereocenters. The summed E-state index contributed by atoms with van der Waals surface area (Å²) in [6.07, 6.45) is 1.51. The van der Waals surface area contributed by atoms with Crippen LogP contribution in [0.15, 0.2) is 29.8 Å². The Morgan fingerprint density at radius 2 is 1.52 bits per heavy atom. The first-order valence-corrected chi connectivity index (χ1v) is 7.93. The number of barbiturate groups is 1. The van der Waals surface area contributed by atoms with Gasteiger partial charge in [0.25, 0.3) is 11.8 Å². The van der Waals surface area contributed by atoms with Crippen molar-refractivity contribution in [2.24, 2.45) is 0 Å². The molecule has 1 aromatic heterocycles. The van der Waals surface area contributed by atoms with Gasteiger partial charge in [0.05, 0.1) is 0 Å². The number of nitrogens with one attached hydrogen (secondary N) is 2. The highest BCUT2D eigenvalue weighted by Gasteiger charge is 2.28. The largest absolute Gasteiger partial charge is 0.328 e. The Balaban J connectivity index is 2.07. The number of hydrogen-bond donors (Lipinski definition) is 2. The third-order valence-corrected chi connectivity index (χ3v) is 4.46. The van der Waals surface area contributed by atoms with Crippen LogP contribution in [-0.4, -0.2) is 22.4 Å². The summed E-state index contributed by atoms with van der Waals surface area (Å²) in [7, 11) is 0. The summed E-state index contributed by atoms with van der Waals surface area (Å²) in [5.74, 6) is -1.38. The average molecular weight is 337 g/mol. The van der Waals surface area contributed by atoms with Crippen molar-refractivity contribution in [3.05, 3.63) is 57.9 Å². The molecule has 0 spiro atoms. The van der Waals surface area contributed by atoms with Crippen LogP contribution in [0.4, 0.5) is 4.79 Å². The number of carbonyl (C=O) groups is 3. The maximum atomic E-state index is 11.9. The maximum absolute atomic E-state index is 11.9. The van der Waals surface area contributed by atoms with E-state index in [2.05, 4.69) is 41.2 Å². The fourth-order valence-corrected chi connectivity index (χ4v) is 2.96. The molecule has 1 saturated heterocycles. The van der Waals surface area contributed by atoms with E-state index in [0.29, 0.717) is 0 Å². The Morgan fingerprint density at radius 3 is 2.12 bits per heavy atom. The Morgan fingerprint density at radius 1 is 0.880 bits per heavy atom. The van der Waals surface area contributed by atoms with Gasteiger partial charge in [-0.25, -0.2) is 4.79 Å². The number of hydrogen-bond acceptors (Lipinski definition) is 3. The molecular formula is C19H19N3O3. The van der Waals surface area contributed by atoms with Crippen LogP contribution in [-0.2, 0) is 9.59 Å². The minimum absolute atomic E-state index is 0.0834. The summed E-state index contributed by atoms with van der Waals surface area (Å²) >= 11 is 0. The summed E-state index contributed by atoms with van der Waals surface area (Å²) < 4.78 is 2.07. The number of urea groups is 1. The molecule has 0 saturated carbocycles. The van der Waals surface area contributed by atoms with Gasteiger partial charge in [-0.05, 0) is 68.7 Å². The standard InChI is InChI=1S/C19H19N3O3/c1-10-5-6-15(7-11(10)2)22-12(3)8-14(13(22)4)9-16-17(23)20-19(25)21-18(16)24/h5-9H,1-4H3,(H2,20,21,23,24,25). The first kappa shape index (κ1) is 16.7. The number of nitrogens with zero attached hydrogens (tertiary/aromatic N) is 1. The number of amides is 4. The fourth-order valence-electron chi connectivity index (χ4n) is 2.96. The lowest BCUT2D eigenvalue weighted by atomic mass is 10.1. The van der Waals surface area contributed by atoms with Gasteiger partial charge in [-0.1, -0.05) is 6.07 Å². The van der Waals surface area contributed by atoms with Crippen LogP contribution in [0.2, 0.25) is 0 Å². The molecule has 0 aliphatic carbocycles. The first-order chi connectivity index (χ1) is 11.8. The van der Waals surface area contributed by atoms with E-state index >= 15 is 0 Å². The minimum atomic E-state index is -0.798. The predicted molar refractivity (Wildman–Crippen MR) is 94.4 cm³/mol. The van der Waals surface area contributed by atoms with Crippen molar-refractivity contribution in [1.29, 1.82) is 0 Å². The quantitative estimate of drug-likeness (QED) is 0.652. The lowest BCUT2D eigenvalue weighted by molar-refractivity contribution is -0.123. The van der Waals surface area contributed by atoms with Crippen molar-refractivity contribution >= 4 is 23.9 Å². The van der Waals surface area contributed by atoms with Gasteiger partial charge < -0.3 is 4.57 Å². The number of imide groups is 2. The Labute approximate surface area is 145 Å². The average Bonchev–Trinajstić information content (AvgIpc) is 2.80. The molecule has 1 aliphatic heterocycles. The number of benzene rings is 1. The molecule has 0 bridgehead atoms. The van der Waals surface area contributed by atoms with Gasteiger partial charge >= 0.3 is 6.03 Å². The van der Waals surface area contributed by atoms with Crippen LogP contribution < -0.4 is 10.6 Å². The molecule has 6 nitrogen and oxygen atoms in total. The van der Waals surface area contributed by atoms with Crippen LogP contribution in [0.25, 0.3) is 11.8 Å². The van der Waals surface area contributed by atoms with E-state index in [4.69, 9.17) is 0 Å². The first-order valence-electron chi connectivity index (χ1n) is 7.93. The van der Waals surface area contributed by atoms with Crippen molar-refractivity contribution < 1.29 is 14.4 Å². The number of rotatable bonds is 2. The Kier molecular flexibility index (Phi) is 4.04. The van der Waals surface area contributed by atoms with Crippen molar-refractivity contribution in [2.75, 3.05) is 0 Å². The van der Waals surface area contributed by atoms with Crippen LogP contribution >= 0.6 is 0 Å². The highest BCUT2D eigenvalue weighted by molar-refractivity contribution is 6.31. The number of carbonyl (C=O) groups excluding carboxylic acids is 3. The maximum Gasteiger partial charge on any atom is 0.328 e. The molecule has 1 fully saturated rings. The summed E-state index contributed by atoms with van der Waals surface area (Å²) in [5, 5.41) is 4.16. The molecule has 2 heterocycles. The van der Waals surface area contributed by atoms with Crippen LogP contribution in [0, 0.1) is 27.7 Å². The van der Waals surface area contributed by atoms with E-state index in [1.54, 1.807) is 0 Å².